The highest BCUT2D eigenvalue weighted by molar-refractivity contribution is 6.07. The number of nitrogens with zero attached hydrogens (tertiary/aromatic N) is 1. The normalized spacial score (nSPS) is 11.1. The van der Waals surface area contributed by atoms with Crippen molar-refractivity contribution in [2.75, 3.05) is 6.54 Å². The summed E-state index contributed by atoms with van der Waals surface area (Å²) in [5, 5.41) is 14.0. The summed E-state index contributed by atoms with van der Waals surface area (Å²) in [6, 6.07) is 22.9. The highest BCUT2D eigenvalue weighted by Crippen LogP contribution is 2.19. The van der Waals surface area contributed by atoms with Crippen LogP contribution >= 0.6 is 0 Å². The second kappa shape index (κ2) is 10.8. The number of Topliss-reactive ketones (excluding diaryl/α,β-unsaturated/α-hetero) is 1. The molecule has 6 nitrogen and oxygen atoms in total. The van der Waals surface area contributed by atoms with E-state index in [-0.39, 0.29) is 29.4 Å². The number of aryl methyl sites for hydroxylation is 1. The summed E-state index contributed by atoms with van der Waals surface area (Å²) >= 11 is 0. The molecule has 1 amide bonds. The van der Waals surface area contributed by atoms with E-state index in [1.165, 1.54) is 18.2 Å². The molecule has 32 heavy (non-hydrogen) atoms. The van der Waals surface area contributed by atoms with Gasteiger partial charge in [0.1, 0.15) is 0 Å². The zero-order valence-corrected chi connectivity index (χ0v) is 17.8. The zero-order chi connectivity index (χ0) is 22.9. The van der Waals surface area contributed by atoms with E-state index in [1.54, 1.807) is 24.3 Å². The second-order valence-corrected chi connectivity index (χ2v) is 7.48. The van der Waals surface area contributed by atoms with Gasteiger partial charge >= 0.3 is 0 Å². The molecule has 0 saturated carbocycles. The van der Waals surface area contributed by atoms with Gasteiger partial charge in [-0.15, -0.1) is 0 Å². The summed E-state index contributed by atoms with van der Waals surface area (Å²) in [5.74, 6) is -0.562. The van der Waals surface area contributed by atoms with Crippen molar-refractivity contribution in [3.63, 3.8) is 0 Å². The van der Waals surface area contributed by atoms with E-state index in [9.17, 15) is 19.7 Å². The van der Waals surface area contributed by atoms with Crippen molar-refractivity contribution < 1.29 is 14.5 Å². The fourth-order valence-electron chi connectivity index (χ4n) is 3.22. The molecule has 0 aliphatic rings. The van der Waals surface area contributed by atoms with Gasteiger partial charge in [0.15, 0.2) is 5.78 Å². The molecule has 0 spiro atoms. The molecular weight excluding hydrogens is 404 g/mol. The average molecular weight is 428 g/mol. The molecule has 162 valence electrons. The van der Waals surface area contributed by atoms with Crippen LogP contribution in [0.3, 0.4) is 0 Å². The van der Waals surface area contributed by atoms with Crippen LogP contribution in [0.25, 0.3) is 6.08 Å². The van der Waals surface area contributed by atoms with Crippen molar-refractivity contribution in [1.29, 1.82) is 0 Å². The van der Waals surface area contributed by atoms with Gasteiger partial charge < -0.3 is 5.32 Å². The first kappa shape index (κ1) is 22.6. The van der Waals surface area contributed by atoms with Crippen LogP contribution in [-0.2, 0) is 11.2 Å². The molecule has 3 aromatic rings. The molecule has 0 fully saturated rings. The van der Waals surface area contributed by atoms with E-state index < -0.39 is 4.92 Å². The maximum Gasteiger partial charge on any atom is 0.270 e. The van der Waals surface area contributed by atoms with Crippen LogP contribution in [0.15, 0.2) is 84.4 Å². The summed E-state index contributed by atoms with van der Waals surface area (Å²) in [6.07, 6.45) is 2.09. The summed E-state index contributed by atoms with van der Waals surface area (Å²) in [7, 11) is 0. The minimum atomic E-state index is -0.492. The van der Waals surface area contributed by atoms with E-state index in [0.29, 0.717) is 24.1 Å². The van der Waals surface area contributed by atoms with Gasteiger partial charge in [-0.1, -0.05) is 72.3 Å². The molecule has 1 N–H and O–H groups in total. The number of hydrogen-bond acceptors (Lipinski definition) is 4. The number of nitro benzene ring substituents is 1. The standard InChI is InChI=1S/C26H24N2O4/c1-19-10-12-22(13-11-19)25(29)18-23(16-21-8-5-9-24(17-21)28(31)32)26(30)27-15-14-20-6-3-2-4-7-20/h2-13,16-17H,14-15,18H2,1H3,(H,27,30). The van der Waals surface area contributed by atoms with Gasteiger partial charge in [-0.05, 0) is 30.5 Å². The summed E-state index contributed by atoms with van der Waals surface area (Å²) in [4.78, 5) is 36.3. The molecule has 0 aliphatic carbocycles. The van der Waals surface area contributed by atoms with Crippen LogP contribution in [0.5, 0.6) is 0 Å². The number of rotatable bonds is 9. The zero-order valence-electron chi connectivity index (χ0n) is 17.8. The van der Waals surface area contributed by atoms with Crippen molar-refractivity contribution in [3.8, 4) is 0 Å². The molecular formula is C26H24N2O4. The van der Waals surface area contributed by atoms with Crippen LogP contribution in [0.1, 0.15) is 33.5 Å². The van der Waals surface area contributed by atoms with Gasteiger partial charge in [-0.3, -0.25) is 19.7 Å². The molecule has 3 aromatic carbocycles. The largest absolute Gasteiger partial charge is 0.352 e. The lowest BCUT2D eigenvalue weighted by atomic mass is 9.99. The third-order valence-electron chi connectivity index (χ3n) is 4.98. The Morgan fingerprint density at radius 3 is 2.38 bits per heavy atom. The molecule has 0 aromatic heterocycles. The smallest absolute Gasteiger partial charge is 0.270 e. The SMILES string of the molecule is Cc1ccc(C(=O)CC(=Cc2cccc([N+](=O)[O-])c2)C(=O)NCCc2ccccc2)cc1. The van der Waals surface area contributed by atoms with Crippen LogP contribution in [0.4, 0.5) is 5.69 Å². The number of benzene rings is 3. The molecule has 0 atom stereocenters. The Morgan fingerprint density at radius 1 is 0.969 bits per heavy atom. The number of non-ortho nitro benzene ring substituents is 1. The fourth-order valence-corrected chi connectivity index (χ4v) is 3.22. The predicted molar refractivity (Wildman–Crippen MR) is 124 cm³/mol. The quantitative estimate of drug-likeness (QED) is 0.227. The Morgan fingerprint density at radius 2 is 1.69 bits per heavy atom. The molecule has 0 heterocycles. The number of nitro groups is 1. The number of carbonyl (C=O) groups is 2. The Balaban J connectivity index is 1.80. The topological polar surface area (TPSA) is 89.3 Å². The van der Waals surface area contributed by atoms with Crippen molar-refractivity contribution in [2.45, 2.75) is 19.8 Å². The van der Waals surface area contributed by atoms with E-state index in [0.717, 1.165) is 11.1 Å². The number of hydrogen-bond donors (Lipinski definition) is 1. The van der Waals surface area contributed by atoms with Gasteiger partial charge in [-0.25, -0.2) is 0 Å². The number of nitrogens with one attached hydrogen (secondary N) is 1. The van der Waals surface area contributed by atoms with Crippen molar-refractivity contribution in [1.82, 2.24) is 5.32 Å². The third-order valence-corrected chi connectivity index (χ3v) is 4.98. The lowest BCUT2D eigenvalue weighted by molar-refractivity contribution is -0.384. The Kier molecular flexibility index (Phi) is 7.65. The fraction of sp³-hybridized carbons (Fsp3) is 0.154. The molecule has 0 aliphatic heterocycles. The Bertz CT molecular complexity index is 1140. The Hall–Kier alpha value is -4.06. The van der Waals surface area contributed by atoms with Gasteiger partial charge in [0.2, 0.25) is 5.91 Å². The third kappa shape index (κ3) is 6.47. The van der Waals surface area contributed by atoms with Gasteiger partial charge in [0.25, 0.3) is 5.69 Å². The molecule has 0 saturated heterocycles. The molecule has 6 heteroatoms. The van der Waals surface area contributed by atoms with E-state index in [1.807, 2.05) is 49.4 Å². The first-order chi connectivity index (χ1) is 15.4. The number of ketones is 1. The summed E-state index contributed by atoms with van der Waals surface area (Å²) in [6.45, 7) is 2.34. The van der Waals surface area contributed by atoms with E-state index in [4.69, 9.17) is 0 Å². The highest BCUT2D eigenvalue weighted by atomic mass is 16.6. The van der Waals surface area contributed by atoms with Crippen LogP contribution in [0.2, 0.25) is 0 Å². The van der Waals surface area contributed by atoms with Crippen LogP contribution in [0, 0.1) is 17.0 Å². The van der Waals surface area contributed by atoms with Gasteiger partial charge in [0, 0.05) is 36.2 Å². The minimum absolute atomic E-state index is 0.0764. The number of amides is 1. The first-order valence-corrected chi connectivity index (χ1v) is 10.3. The number of carbonyl (C=O) groups excluding carboxylic acids is 2. The second-order valence-electron chi connectivity index (χ2n) is 7.48. The molecule has 0 bridgehead atoms. The molecule has 0 unspecified atom stereocenters. The summed E-state index contributed by atoms with van der Waals surface area (Å²) < 4.78 is 0. The van der Waals surface area contributed by atoms with Crippen LogP contribution < -0.4 is 5.32 Å². The van der Waals surface area contributed by atoms with Gasteiger partial charge in [0.05, 0.1) is 4.92 Å². The maximum absolute atomic E-state index is 12.9. The Labute approximate surface area is 186 Å². The van der Waals surface area contributed by atoms with Crippen molar-refractivity contribution in [2.24, 2.45) is 0 Å². The van der Waals surface area contributed by atoms with E-state index in [2.05, 4.69) is 5.32 Å². The lowest BCUT2D eigenvalue weighted by Gasteiger charge is -2.10. The monoisotopic (exact) mass is 428 g/mol. The average Bonchev–Trinajstić information content (AvgIpc) is 2.80. The molecule has 3 rings (SSSR count). The van der Waals surface area contributed by atoms with Crippen LogP contribution in [-0.4, -0.2) is 23.2 Å². The van der Waals surface area contributed by atoms with Gasteiger partial charge in [-0.2, -0.15) is 0 Å². The minimum Gasteiger partial charge on any atom is -0.352 e. The first-order valence-electron chi connectivity index (χ1n) is 10.3. The lowest BCUT2D eigenvalue weighted by Crippen LogP contribution is -2.28. The van der Waals surface area contributed by atoms with Crippen molar-refractivity contribution in [3.05, 3.63) is 117 Å². The predicted octanol–water partition coefficient (Wildman–Crippen LogP) is 4.92. The van der Waals surface area contributed by atoms with Crippen molar-refractivity contribution >= 4 is 23.5 Å². The van der Waals surface area contributed by atoms with E-state index >= 15 is 0 Å². The summed E-state index contributed by atoms with van der Waals surface area (Å²) in [5.41, 5.74) is 3.30. The highest BCUT2D eigenvalue weighted by Gasteiger charge is 2.16. The maximum atomic E-state index is 12.9. The molecule has 0 radical (unpaired) electrons.